The van der Waals surface area contributed by atoms with Crippen LogP contribution in [0.5, 0.6) is 5.75 Å². The molecule has 2 rings (SSSR count). The second kappa shape index (κ2) is 14.2. The van der Waals surface area contributed by atoms with Gasteiger partial charge in [-0.25, -0.2) is 0 Å². The first kappa shape index (κ1) is 22.4. The van der Waals surface area contributed by atoms with Crippen molar-refractivity contribution >= 4 is 0 Å². The van der Waals surface area contributed by atoms with E-state index in [1.54, 1.807) is 0 Å². The van der Waals surface area contributed by atoms with Gasteiger partial charge in [0.05, 0.1) is 0 Å². The van der Waals surface area contributed by atoms with Gasteiger partial charge < -0.3 is 15.2 Å². The van der Waals surface area contributed by atoms with Gasteiger partial charge in [-0.1, -0.05) is 87.9 Å². The summed E-state index contributed by atoms with van der Waals surface area (Å²) in [5, 5.41) is 13.3. The first-order chi connectivity index (χ1) is 13.8. The standard InChI is InChI=1S/C25H37NO2/c1-2-3-4-5-6-7-9-12-22-15-17-25(18-16-22)28-21-24(27)20-26-19-23-13-10-8-11-14-23/h8,10-11,13-18,24,26-27H,2-7,9,12,19-21H2,1H3. The van der Waals surface area contributed by atoms with Crippen molar-refractivity contribution in [2.75, 3.05) is 13.2 Å². The first-order valence-electron chi connectivity index (χ1n) is 10.9. The Balaban J connectivity index is 1.55. The van der Waals surface area contributed by atoms with E-state index in [2.05, 4.69) is 36.5 Å². The zero-order valence-electron chi connectivity index (χ0n) is 17.4. The normalized spacial score (nSPS) is 12.1. The fourth-order valence-corrected chi connectivity index (χ4v) is 3.27. The van der Waals surface area contributed by atoms with Crippen LogP contribution in [0.15, 0.2) is 54.6 Å². The molecule has 0 saturated carbocycles. The quantitative estimate of drug-likeness (QED) is 0.399. The molecule has 3 nitrogen and oxygen atoms in total. The lowest BCUT2D eigenvalue weighted by Gasteiger charge is -2.13. The fourth-order valence-electron chi connectivity index (χ4n) is 3.27. The van der Waals surface area contributed by atoms with Gasteiger partial charge in [0.15, 0.2) is 0 Å². The summed E-state index contributed by atoms with van der Waals surface area (Å²) in [7, 11) is 0. The first-order valence-corrected chi connectivity index (χ1v) is 10.9. The molecule has 0 aliphatic carbocycles. The Kier molecular flexibility index (Phi) is 11.4. The highest BCUT2D eigenvalue weighted by molar-refractivity contribution is 5.27. The van der Waals surface area contributed by atoms with Gasteiger partial charge in [-0.3, -0.25) is 0 Å². The summed E-state index contributed by atoms with van der Waals surface area (Å²) in [6.45, 7) is 3.84. The zero-order valence-corrected chi connectivity index (χ0v) is 17.4. The predicted octanol–water partition coefficient (Wildman–Crippen LogP) is 5.51. The minimum absolute atomic E-state index is 0.304. The van der Waals surface area contributed by atoms with E-state index in [1.807, 2.05) is 30.3 Å². The molecule has 1 atom stereocenters. The van der Waals surface area contributed by atoms with E-state index >= 15 is 0 Å². The van der Waals surface area contributed by atoms with Gasteiger partial charge in [-0.05, 0) is 36.1 Å². The fraction of sp³-hybridized carbons (Fsp3) is 0.520. The van der Waals surface area contributed by atoms with Crippen molar-refractivity contribution in [3.8, 4) is 5.75 Å². The van der Waals surface area contributed by atoms with Gasteiger partial charge in [0, 0.05) is 13.1 Å². The SMILES string of the molecule is CCCCCCCCCc1ccc(OCC(O)CNCc2ccccc2)cc1. The number of nitrogens with one attached hydrogen (secondary N) is 1. The van der Waals surface area contributed by atoms with Crippen LogP contribution in [0.4, 0.5) is 0 Å². The molecule has 2 N–H and O–H groups in total. The van der Waals surface area contributed by atoms with Crippen molar-refractivity contribution in [1.29, 1.82) is 0 Å². The topological polar surface area (TPSA) is 41.5 Å². The molecule has 0 aliphatic rings. The number of aliphatic hydroxyl groups excluding tert-OH is 1. The number of hydrogen-bond acceptors (Lipinski definition) is 3. The second-order valence-corrected chi connectivity index (χ2v) is 7.60. The third-order valence-electron chi connectivity index (χ3n) is 4.99. The van der Waals surface area contributed by atoms with Crippen LogP contribution < -0.4 is 10.1 Å². The molecule has 0 aliphatic heterocycles. The van der Waals surface area contributed by atoms with Crippen LogP contribution in [-0.4, -0.2) is 24.4 Å². The van der Waals surface area contributed by atoms with E-state index < -0.39 is 6.10 Å². The van der Waals surface area contributed by atoms with E-state index in [9.17, 15) is 5.11 Å². The third kappa shape index (κ3) is 9.91. The summed E-state index contributed by atoms with van der Waals surface area (Å²) in [5.74, 6) is 0.824. The highest BCUT2D eigenvalue weighted by atomic mass is 16.5. The molecule has 0 saturated heterocycles. The van der Waals surface area contributed by atoms with Crippen LogP contribution in [0.3, 0.4) is 0 Å². The van der Waals surface area contributed by atoms with E-state index in [0.29, 0.717) is 13.2 Å². The van der Waals surface area contributed by atoms with Crippen LogP contribution in [-0.2, 0) is 13.0 Å². The number of benzene rings is 2. The molecule has 3 heteroatoms. The van der Waals surface area contributed by atoms with Gasteiger partial charge in [-0.2, -0.15) is 0 Å². The summed E-state index contributed by atoms with van der Waals surface area (Å²) >= 11 is 0. The molecule has 2 aromatic carbocycles. The Labute approximate surface area is 171 Å². The van der Waals surface area contributed by atoms with Gasteiger partial charge in [0.2, 0.25) is 0 Å². The summed E-state index contributed by atoms with van der Waals surface area (Å²) in [4.78, 5) is 0. The molecule has 0 radical (unpaired) electrons. The lowest BCUT2D eigenvalue weighted by molar-refractivity contribution is 0.106. The highest BCUT2D eigenvalue weighted by Gasteiger charge is 2.05. The summed E-state index contributed by atoms with van der Waals surface area (Å²) in [6.07, 6.45) is 10.0. The molecule has 0 heterocycles. The minimum atomic E-state index is -0.518. The summed E-state index contributed by atoms with van der Waals surface area (Å²) in [6, 6.07) is 18.5. The number of hydrogen-bond donors (Lipinski definition) is 2. The molecule has 2 aromatic rings. The predicted molar refractivity (Wildman–Crippen MR) is 118 cm³/mol. The molecule has 1 unspecified atom stereocenters. The smallest absolute Gasteiger partial charge is 0.119 e. The molecule has 154 valence electrons. The number of unbranched alkanes of at least 4 members (excludes halogenated alkanes) is 6. The lowest BCUT2D eigenvalue weighted by Crippen LogP contribution is -2.31. The molecule has 0 bridgehead atoms. The molecule has 0 fully saturated rings. The van der Waals surface area contributed by atoms with E-state index in [1.165, 1.54) is 56.1 Å². The Morgan fingerprint density at radius 1 is 0.821 bits per heavy atom. The number of aliphatic hydroxyl groups is 1. The van der Waals surface area contributed by atoms with Crippen LogP contribution in [0, 0.1) is 0 Å². The van der Waals surface area contributed by atoms with Crippen molar-refractivity contribution in [3.05, 3.63) is 65.7 Å². The van der Waals surface area contributed by atoms with Crippen LogP contribution in [0.2, 0.25) is 0 Å². The van der Waals surface area contributed by atoms with Gasteiger partial charge in [0.1, 0.15) is 18.5 Å². The average Bonchev–Trinajstić information content (AvgIpc) is 2.73. The third-order valence-corrected chi connectivity index (χ3v) is 4.99. The Morgan fingerprint density at radius 3 is 2.21 bits per heavy atom. The van der Waals surface area contributed by atoms with Crippen LogP contribution in [0.1, 0.15) is 63.0 Å². The number of ether oxygens (including phenoxy) is 1. The van der Waals surface area contributed by atoms with Crippen molar-refractivity contribution < 1.29 is 9.84 Å². The average molecular weight is 384 g/mol. The van der Waals surface area contributed by atoms with E-state index in [0.717, 1.165) is 18.7 Å². The van der Waals surface area contributed by atoms with Crippen molar-refractivity contribution in [2.45, 2.75) is 70.9 Å². The molecular formula is C25H37NO2. The van der Waals surface area contributed by atoms with Crippen molar-refractivity contribution in [3.63, 3.8) is 0 Å². The number of rotatable bonds is 15. The zero-order chi connectivity index (χ0) is 19.9. The Bertz CT molecular complexity index is 612. The largest absolute Gasteiger partial charge is 0.491 e. The van der Waals surface area contributed by atoms with Gasteiger partial charge in [-0.15, -0.1) is 0 Å². The van der Waals surface area contributed by atoms with Crippen molar-refractivity contribution in [1.82, 2.24) is 5.32 Å². The molecular weight excluding hydrogens is 346 g/mol. The molecule has 0 amide bonds. The van der Waals surface area contributed by atoms with E-state index in [4.69, 9.17) is 4.74 Å². The Hall–Kier alpha value is -1.84. The highest BCUT2D eigenvalue weighted by Crippen LogP contribution is 2.15. The molecule has 0 spiro atoms. The maximum Gasteiger partial charge on any atom is 0.119 e. The summed E-state index contributed by atoms with van der Waals surface area (Å²) < 4.78 is 5.72. The molecule has 28 heavy (non-hydrogen) atoms. The van der Waals surface area contributed by atoms with Crippen molar-refractivity contribution in [2.24, 2.45) is 0 Å². The minimum Gasteiger partial charge on any atom is -0.491 e. The second-order valence-electron chi connectivity index (χ2n) is 7.60. The lowest BCUT2D eigenvalue weighted by atomic mass is 10.0. The molecule has 0 aromatic heterocycles. The number of aryl methyl sites for hydroxylation is 1. The van der Waals surface area contributed by atoms with Gasteiger partial charge >= 0.3 is 0 Å². The Morgan fingerprint density at radius 2 is 1.50 bits per heavy atom. The van der Waals surface area contributed by atoms with Gasteiger partial charge in [0.25, 0.3) is 0 Å². The van der Waals surface area contributed by atoms with Crippen LogP contribution in [0.25, 0.3) is 0 Å². The maximum absolute atomic E-state index is 10.1. The maximum atomic E-state index is 10.1. The van der Waals surface area contributed by atoms with Crippen LogP contribution >= 0.6 is 0 Å². The summed E-state index contributed by atoms with van der Waals surface area (Å²) in [5.41, 5.74) is 2.58. The van der Waals surface area contributed by atoms with E-state index in [-0.39, 0.29) is 0 Å². The monoisotopic (exact) mass is 383 g/mol.